The third-order valence-corrected chi connectivity index (χ3v) is 10.3. The minimum Gasteiger partial charge on any atom is -0.207 e. The first-order chi connectivity index (χ1) is 21.1. The van der Waals surface area contributed by atoms with Gasteiger partial charge in [-0.05, 0) is 70.4 Å². The van der Waals surface area contributed by atoms with Crippen LogP contribution in [0.3, 0.4) is 0 Å². The Morgan fingerprint density at radius 1 is 0.568 bits per heavy atom. The molecule has 0 spiro atoms. The molecular weight excluding hydrogens is 559 g/mol. The molecule has 3 nitrogen and oxygen atoms in total. The van der Waals surface area contributed by atoms with Crippen molar-refractivity contribution in [2.75, 3.05) is 0 Å². The summed E-state index contributed by atoms with van der Waals surface area (Å²) in [6.45, 7) is 12.7. The van der Waals surface area contributed by atoms with Crippen molar-refractivity contribution in [2.45, 2.75) is 108 Å². The van der Waals surface area contributed by atoms with Gasteiger partial charge in [-0.15, -0.1) is 0 Å². The molecule has 0 aromatic heterocycles. The van der Waals surface area contributed by atoms with Crippen LogP contribution in [0.1, 0.15) is 130 Å². The second-order valence-corrected chi connectivity index (χ2v) is 14.8. The van der Waals surface area contributed by atoms with Crippen molar-refractivity contribution in [1.29, 1.82) is 0 Å². The van der Waals surface area contributed by atoms with Crippen LogP contribution in [-0.4, -0.2) is 8.42 Å². The summed E-state index contributed by atoms with van der Waals surface area (Å²) in [6, 6.07) is 35.1. The number of benzene rings is 4. The molecule has 0 aliphatic rings. The fourth-order valence-electron chi connectivity index (χ4n) is 6.21. The monoisotopic (exact) mass is 609 g/mol. The van der Waals surface area contributed by atoms with Crippen LogP contribution in [-0.2, 0) is 16.4 Å². The summed E-state index contributed by atoms with van der Waals surface area (Å²) in [5.74, 6) is 0.450. The molecule has 0 saturated carbocycles. The van der Waals surface area contributed by atoms with E-state index in [0.717, 1.165) is 54.4 Å². The van der Waals surface area contributed by atoms with E-state index in [1.807, 2.05) is 24.3 Å². The minimum atomic E-state index is -3.88. The maximum absolute atomic E-state index is 14.7. The normalized spacial score (nSPS) is 13.5. The van der Waals surface area contributed by atoms with E-state index >= 15 is 0 Å². The molecule has 0 heterocycles. The van der Waals surface area contributed by atoms with E-state index in [1.54, 1.807) is 0 Å². The van der Waals surface area contributed by atoms with Crippen molar-refractivity contribution in [3.63, 3.8) is 0 Å². The molecule has 0 fully saturated rings. The highest BCUT2D eigenvalue weighted by Gasteiger charge is 2.33. The molecule has 0 radical (unpaired) electrons. The van der Waals surface area contributed by atoms with Gasteiger partial charge in [0, 0.05) is 5.92 Å². The Balaban J connectivity index is 1.72. The maximum atomic E-state index is 14.7. The van der Waals surface area contributed by atoms with E-state index in [2.05, 4.69) is 125 Å². The van der Waals surface area contributed by atoms with Crippen molar-refractivity contribution in [3.05, 3.63) is 137 Å². The summed E-state index contributed by atoms with van der Waals surface area (Å²) in [5, 5.41) is 0. The molecule has 2 atom stereocenters. The Hall–Kier alpha value is -3.21. The molecule has 0 bridgehead atoms. The van der Waals surface area contributed by atoms with Gasteiger partial charge >= 0.3 is 0 Å². The van der Waals surface area contributed by atoms with Crippen molar-refractivity contribution >= 4 is 10.0 Å². The topological polar surface area (TPSA) is 46.2 Å². The maximum Gasteiger partial charge on any atom is 0.241 e. The zero-order chi connectivity index (χ0) is 31.7. The van der Waals surface area contributed by atoms with Gasteiger partial charge in [0.1, 0.15) is 0 Å². The van der Waals surface area contributed by atoms with Crippen molar-refractivity contribution in [2.24, 2.45) is 0 Å². The smallest absolute Gasteiger partial charge is 0.207 e. The van der Waals surface area contributed by atoms with Crippen molar-refractivity contribution in [1.82, 2.24) is 4.72 Å². The van der Waals surface area contributed by atoms with Gasteiger partial charge in [0.25, 0.3) is 0 Å². The second-order valence-electron chi connectivity index (χ2n) is 13.1. The highest BCUT2D eigenvalue weighted by atomic mass is 32.2. The number of hydrogen-bond donors (Lipinski definition) is 1. The number of unbranched alkanes of at least 4 members (excludes halogenated alkanes) is 2. The summed E-state index contributed by atoms with van der Waals surface area (Å²) >= 11 is 0. The third-order valence-electron chi connectivity index (χ3n) is 8.74. The largest absolute Gasteiger partial charge is 0.241 e. The van der Waals surface area contributed by atoms with Crippen LogP contribution in [0.4, 0.5) is 0 Å². The summed E-state index contributed by atoms with van der Waals surface area (Å²) in [6.07, 6.45) is 5.19. The van der Waals surface area contributed by atoms with Gasteiger partial charge in [-0.2, -0.15) is 0 Å². The molecule has 4 rings (SSSR count). The molecule has 1 N–H and O–H groups in total. The summed E-state index contributed by atoms with van der Waals surface area (Å²) in [7, 11) is -3.88. The van der Waals surface area contributed by atoms with Gasteiger partial charge in [-0.25, -0.2) is 13.1 Å². The molecule has 0 aliphatic heterocycles. The zero-order valence-electron chi connectivity index (χ0n) is 27.5. The number of nitrogens with one attached hydrogen (secondary N) is 1. The molecule has 0 amide bonds. The molecule has 234 valence electrons. The quantitative estimate of drug-likeness (QED) is 0.136. The molecule has 0 unspecified atom stereocenters. The van der Waals surface area contributed by atoms with Crippen molar-refractivity contribution < 1.29 is 8.42 Å². The summed E-state index contributed by atoms with van der Waals surface area (Å²) in [4.78, 5) is 0.461. The van der Waals surface area contributed by atoms with Crippen LogP contribution < -0.4 is 4.72 Å². The van der Waals surface area contributed by atoms with Crippen molar-refractivity contribution in [3.8, 4) is 0 Å². The first-order valence-electron chi connectivity index (χ1n) is 16.4. The predicted molar refractivity (Wildman–Crippen MR) is 186 cm³/mol. The van der Waals surface area contributed by atoms with Crippen LogP contribution in [0, 0.1) is 0 Å². The van der Waals surface area contributed by atoms with Crippen LogP contribution in [0.2, 0.25) is 0 Å². The zero-order valence-corrected chi connectivity index (χ0v) is 28.3. The Labute approximate surface area is 267 Å². The van der Waals surface area contributed by atoms with Gasteiger partial charge in [0.15, 0.2) is 0 Å². The SMILES string of the molecule is CC(C)c1cc(C(C)C)c(S(=O)(=O)N[C@@H](c2ccccc2)[C@@H](CCCCCc2ccccc2)c2ccccc2)c(C(C)C)c1. The third kappa shape index (κ3) is 8.70. The molecule has 44 heavy (non-hydrogen) atoms. The fourth-order valence-corrected chi connectivity index (χ4v) is 8.17. The summed E-state index contributed by atoms with van der Waals surface area (Å²) in [5.41, 5.74) is 6.51. The molecule has 4 heteroatoms. The Morgan fingerprint density at radius 3 is 1.57 bits per heavy atom. The standard InChI is InChI=1S/C40H51NO2S/c1-29(2)35-27-37(30(3)4)40(38(28-35)31(5)6)44(42,43)41-39(34-24-16-10-17-25-34)36(33-22-14-9-15-23-33)26-18-8-13-21-32-19-11-7-12-20-32/h7,9-12,14-17,19-20,22-25,27-31,36,39,41H,8,13,18,21,26H2,1-6H3/t36-,39-/m0/s1. The van der Waals surface area contributed by atoms with Gasteiger partial charge in [-0.1, -0.05) is 158 Å². The Kier molecular flexibility index (Phi) is 12.0. The molecule has 0 aliphatic carbocycles. The predicted octanol–water partition coefficient (Wildman–Crippen LogP) is 10.7. The van der Waals surface area contributed by atoms with Gasteiger partial charge in [0.2, 0.25) is 10.0 Å². The first kappa shape index (κ1) is 33.7. The van der Waals surface area contributed by atoms with E-state index in [4.69, 9.17) is 0 Å². The molecule has 4 aromatic carbocycles. The first-order valence-corrected chi connectivity index (χ1v) is 17.9. The van der Waals surface area contributed by atoms with Crippen LogP contribution in [0.5, 0.6) is 0 Å². The highest BCUT2D eigenvalue weighted by molar-refractivity contribution is 7.89. The number of aryl methyl sites for hydroxylation is 1. The lowest BCUT2D eigenvalue weighted by Gasteiger charge is -2.31. The molecular formula is C40H51NO2S. The van der Waals surface area contributed by atoms with Gasteiger partial charge < -0.3 is 0 Å². The Morgan fingerprint density at radius 2 is 1.07 bits per heavy atom. The van der Waals surface area contributed by atoms with Crippen LogP contribution in [0.15, 0.2) is 108 Å². The number of sulfonamides is 1. The summed E-state index contributed by atoms with van der Waals surface area (Å²) < 4.78 is 32.7. The lowest BCUT2D eigenvalue weighted by molar-refractivity contribution is 0.451. The molecule has 4 aromatic rings. The average molecular weight is 610 g/mol. The van der Waals surface area contributed by atoms with Gasteiger partial charge in [0.05, 0.1) is 10.9 Å². The fraction of sp³-hybridized carbons (Fsp3) is 0.400. The average Bonchev–Trinajstić information content (AvgIpc) is 3.02. The van der Waals surface area contributed by atoms with Gasteiger partial charge in [-0.3, -0.25) is 0 Å². The number of hydrogen-bond acceptors (Lipinski definition) is 2. The van der Waals surface area contributed by atoms with E-state index in [1.165, 1.54) is 11.1 Å². The lowest BCUT2D eigenvalue weighted by Crippen LogP contribution is -2.34. The number of rotatable bonds is 15. The Bertz CT molecular complexity index is 1520. The van der Waals surface area contributed by atoms with E-state index in [-0.39, 0.29) is 17.8 Å². The van der Waals surface area contributed by atoms with E-state index < -0.39 is 16.1 Å². The van der Waals surface area contributed by atoms with Crippen LogP contribution >= 0.6 is 0 Å². The second kappa shape index (κ2) is 15.7. The van der Waals surface area contributed by atoms with Crippen LogP contribution in [0.25, 0.3) is 0 Å². The van der Waals surface area contributed by atoms with E-state index in [9.17, 15) is 8.42 Å². The lowest BCUT2D eigenvalue weighted by atomic mass is 9.83. The highest BCUT2D eigenvalue weighted by Crippen LogP contribution is 2.40. The molecule has 0 saturated heterocycles. The van der Waals surface area contributed by atoms with E-state index in [0.29, 0.717) is 10.8 Å². The minimum absolute atomic E-state index is 0.00922.